The quantitative estimate of drug-likeness (QED) is 0.884. The van der Waals surface area contributed by atoms with E-state index in [2.05, 4.69) is 10.4 Å². The molecule has 126 valence electrons. The fourth-order valence-corrected chi connectivity index (χ4v) is 3.41. The summed E-state index contributed by atoms with van der Waals surface area (Å²) in [6.07, 6.45) is 3.22. The maximum Gasteiger partial charge on any atom is 0.305 e. The average molecular weight is 327 g/mol. The number of aromatic nitrogens is 2. The molecule has 1 aromatic heterocycles. The highest BCUT2D eigenvalue weighted by atomic mass is 16.4. The molecule has 0 atom stereocenters. The number of hydrogen-bond donors (Lipinski definition) is 2. The maximum atomic E-state index is 12.6. The average Bonchev–Trinajstić information content (AvgIpc) is 3.14. The van der Waals surface area contributed by atoms with Gasteiger partial charge in [0.15, 0.2) is 5.69 Å². The van der Waals surface area contributed by atoms with Crippen molar-refractivity contribution < 1.29 is 14.7 Å². The standard InChI is InChI=1S/C18H21N3O3/c1-13-11-15(20-21(13)14-7-3-2-4-8-14)17(24)19-18(12-16(22)23)9-5-6-10-18/h2-4,7-8,11H,5-6,9-10,12H2,1H3,(H,19,24)(H,22,23). The molecule has 2 N–H and O–H groups in total. The first-order valence-electron chi connectivity index (χ1n) is 8.15. The minimum atomic E-state index is -0.886. The third-order valence-corrected chi connectivity index (χ3v) is 4.55. The van der Waals surface area contributed by atoms with Crippen LogP contribution in [0.25, 0.3) is 5.69 Å². The van der Waals surface area contributed by atoms with Crippen LogP contribution in [0.4, 0.5) is 0 Å². The highest BCUT2D eigenvalue weighted by Gasteiger charge is 2.38. The van der Waals surface area contributed by atoms with Crippen LogP contribution in [0.3, 0.4) is 0 Å². The molecule has 1 fully saturated rings. The summed E-state index contributed by atoms with van der Waals surface area (Å²) in [6.45, 7) is 1.89. The lowest BCUT2D eigenvalue weighted by Crippen LogP contribution is -2.48. The second kappa shape index (κ2) is 6.47. The van der Waals surface area contributed by atoms with Gasteiger partial charge in [0.2, 0.25) is 0 Å². The van der Waals surface area contributed by atoms with Crippen molar-refractivity contribution >= 4 is 11.9 Å². The van der Waals surface area contributed by atoms with E-state index in [4.69, 9.17) is 5.11 Å². The Kier molecular flexibility index (Phi) is 4.38. The highest BCUT2D eigenvalue weighted by Crippen LogP contribution is 2.33. The lowest BCUT2D eigenvalue weighted by molar-refractivity contribution is -0.138. The molecule has 1 aliphatic carbocycles. The van der Waals surface area contributed by atoms with Crippen LogP contribution >= 0.6 is 0 Å². The van der Waals surface area contributed by atoms with Gasteiger partial charge >= 0.3 is 5.97 Å². The molecule has 0 bridgehead atoms. The summed E-state index contributed by atoms with van der Waals surface area (Å²) in [6, 6.07) is 11.3. The van der Waals surface area contributed by atoms with Gasteiger partial charge in [0.05, 0.1) is 17.6 Å². The van der Waals surface area contributed by atoms with Gasteiger partial charge in [-0.05, 0) is 38.0 Å². The van der Waals surface area contributed by atoms with Crippen LogP contribution in [0, 0.1) is 6.92 Å². The number of para-hydroxylation sites is 1. The molecule has 2 aromatic rings. The number of rotatable bonds is 5. The van der Waals surface area contributed by atoms with Crippen LogP contribution < -0.4 is 5.32 Å². The fourth-order valence-electron chi connectivity index (χ4n) is 3.41. The molecular weight excluding hydrogens is 306 g/mol. The van der Waals surface area contributed by atoms with Crippen molar-refractivity contribution in [1.29, 1.82) is 0 Å². The summed E-state index contributed by atoms with van der Waals surface area (Å²) in [4.78, 5) is 23.8. The second-order valence-corrected chi connectivity index (χ2v) is 6.43. The predicted molar refractivity (Wildman–Crippen MR) is 89.2 cm³/mol. The summed E-state index contributed by atoms with van der Waals surface area (Å²) in [5.41, 5.74) is 1.40. The van der Waals surface area contributed by atoms with Crippen LogP contribution in [0.15, 0.2) is 36.4 Å². The number of amides is 1. The Hall–Kier alpha value is -2.63. The molecule has 1 saturated carbocycles. The number of nitrogens with one attached hydrogen (secondary N) is 1. The summed E-state index contributed by atoms with van der Waals surface area (Å²) in [7, 11) is 0. The minimum Gasteiger partial charge on any atom is -0.481 e. The molecule has 6 nitrogen and oxygen atoms in total. The van der Waals surface area contributed by atoms with E-state index in [1.54, 1.807) is 10.7 Å². The van der Waals surface area contributed by atoms with Crippen LogP contribution in [-0.2, 0) is 4.79 Å². The zero-order valence-electron chi connectivity index (χ0n) is 13.7. The lowest BCUT2D eigenvalue weighted by Gasteiger charge is -2.28. The third kappa shape index (κ3) is 3.32. The Morgan fingerprint density at radius 3 is 2.54 bits per heavy atom. The summed E-state index contributed by atoms with van der Waals surface area (Å²) in [5.74, 6) is -1.20. The fraction of sp³-hybridized carbons (Fsp3) is 0.389. The molecule has 1 aliphatic rings. The Morgan fingerprint density at radius 1 is 1.25 bits per heavy atom. The molecular formula is C18H21N3O3. The second-order valence-electron chi connectivity index (χ2n) is 6.43. The van der Waals surface area contributed by atoms with Crippen molar-refractivity contribution in [2.75, 3.05) is 0 Å². The van der Waals surface area contributed by atoms with Gasteiger partial charge in [-0.15, -0.1) is 0 Å². The largest absolute Gasteiger partial charge is 0.481 e. The normalized spacial score (nSPS) is 16.0. The van der Waals surface area contributed by atoms with Crippen molar-refractivity contribution in [3.05, 3.63) is 47.8 Å². The Balaban J connectivity index is 1.82. The molecule has 1 amide bonds. The first kappa shape index (κ1) is 16.2. The summed E-state index contributed by atoms with van der Waals surface area (Å²) in [5, 5.41) is 16.5. The zero-order valence-corrected chi connectivity index (χ0v) is 13.7. The first-order chi connectivity index (χ1) is 11.5. The van der Waals surface area contributed by atoms with Gasteiger partial charge in [-0.1, -0.05) is 31.0 Å². The molecule has 1 heterocycles. The Labute approximate surface area is 140 Å². The molecule has 24 heavy (non-hydrogen) atoms. The lowest BCUT2D eigenvalue weighted by atomic mass is 9.93. The van der Waals surface area contributed by atoms with Crippen LogP contribution in [0.5, 0.6) is 0 Å². The number of carboxylic acid groups (broad SMARTS) is 1. The van der Waals surface area contributed by atoms with Gasteiger partial charge in [0.1, 0.15) is 0 Å². The monoisotopic (exact) mass is 327 g/mol. The summed E-state index contributed by atoms with van der Waals surface area (Å²) < 4.78 is 1.72. The number of benzene rings is 1. The van der Waals surface area contributed by atoms with E-state index in [9.17, 15) is 9.59 Å². The zero-order chi connectivity index (χ0) is 17.2. The molecule has 0 radical (unpaired) electrons. The number of carbonyl (C=O) groups is 2. The van der Waals surface area contributed by atoms with E-state index in [1.807, 2.05) is 37.3 Å². The van der Waals surface area contributed by atoms with Crippen LogP contribution in [-0.4, -0.2) is 32.3 Å². The highest BCUT2D eigenvalue weighted by molar-refractivity contribution is 5.93. The molecule has 0 saturated heterocycles. The third-order valence-electron chi connectivity index (χ3n) is 4.55. The van der Waals surface area contributed by atoms with Gasteiger partial charge in [-0.3, -0.25) is 9.59 Å². The Bertz CT molecular complexity index is 746. The van der Waals surface area contributed by atoms with Crippen molar-refractivity contribution in [3.63, 3.8) is 0 Å². The van der Waals surface area contributed by atoms with Crippen molar-refractivity contribution in [1.82, 2.24) is 15.1 Å². The molecule has 0 unspecified atom stereocenters. The molecule has 6 heteroatoms. The van der Waals surface area contributed by atoms with E-state index >= 15 is 0 Å². The smallest absolute Gasteiger partial charge is 0.305 e. The van der Waals surface area contributed by atoms with E-state index in [-0.39, 0.29) is 12.3 Å². The number of carbonyl (C=O) groups excluding carboxylic acids is 1. The topological polar surface area (TPSA) is 84.2 Å². The summed E-state index contributed by atoms with van der Waals surface area (Å²) >= 11 is 0. The van der Waals surface area contributed by atoms with E-state index in [0.29, 0.717) is 18.5 Å². The number of nitrogens with zero attached hydrogens (tertiary/aromatic N) is 2. The van der Waals surface area contributed by atoms with E-state index < -0.39 is 11.5 Å². The number of hydrogen-bond acceptors (Lipinski definition) is 3. The first-order valence-corrected chi connectivity index (χ1v) is 8.15. The van der Waals surface area contributed by atoms with Gasteiger partial charge in [-0.2, -0.15) is 5.10 Å². The van der Waals surface area contributed by atoms with Gasteiger partial charge in [-0.25, -0.2) is 4.68 Å². The van der Waals surface area contributed by atoms with E-state index in [0.717, 1.165) is 24.2 Å². The predicted octanol–water partition coefficient (Wildman–Crippen LogP) is 2.70. The van der Waals surface area contributed by atoms with Crippen molar-refractivity contribution in [3.8, 4) is 5.69 Å². The molecule has 3 rings (SSSR count). The van der Waals surface area contributed by atoms with Gasteiger partial charge in [0.25, 0.3) is 5.91 Å². The van der Waals surface area contributed by atoms with Gasteiger partial charge < -0.3 is 10.4 Å². The van der Waals surface area contributed by atoms with Gasteiger partial charge in [0, 0.05) is 5.69 Å². The maximum absolute atomic E-state index is 12.6. The van der Waals surface area contributed by atoms with Crippen molar-refractivity contribution in [2.24, 2.45) is 0 Å². The van der Waals surface area contributed by atoms with Crippen molar-refractivity contribution in [2.45, 2.75) is 44.6 Å². The molecule has 0 spiro atoms. The van der Waals surface area contributed by atoms with E-state index in [1.165, 1.54) is 0 Å². The number of carboxylic acids is 1. The number of aliphatic carboxylic acids is 1. The minimum absolute atomic E-state index is 0.0445. The van der Waals surface area contributed by atoms with Crippen LogP contribution in [0.1, 0.15) is 48.3 Å². The molecule has 0 aliphatic heterocycles. The SMILES string of the molecule is Cc1cc(C(=O)NC2(CC(=O)O)CCCC2)nn1-c1ccccc1. The number of aryl methyl sites for hydroxylation is 1. The Morgan fingerprint density at radius 2 is 1.92 bits per heavy atom. The molecule has 1 aromatic carbocycles. The van der Waals surface area contributed by atoms with Crippen LogP contribution in [0.2, 0.25) is 0 Å².